The van der Waals surface area contributed by atoms with Crippen LogP contribution in [0.4, 0.5) is 0 Å². The minimum Gasteiger partial charge on any atom is -0.335 e. The minimum atomic E-state index is 0.219. The first-order chi connectivity index (χ1) is 6.15. The molecule has 0 fully saturated rings. The van der Waals surface area contributed by atoms with E-state index in [1.807, 2.05) is 19.3 Å². The molecule has 0 aromatic carbocycles. The number of aromatic nitrogens is 2. The van der Waals surface area contributed by atoms with Gasteiger partial charge in [-0.3, -0.25) is 0 Å². The van der Waals surface area contributed by atoms with Crippen LogP contribution in [-0.4, -0.2) is 14.9 Å². The molecule has 2 atom stereocenters. The van der Waals surface area contributed by atoms with Crippen molar-refractivity contribution in [2.45, 2.75) is 45.0 Å². The van der Waals surface area contributed by atoms with Gasteiger partial charge in [0.1, 0.15) is 5.82 Å². The molecule has 13 heavy (non-hydrogen) atoms. The van der Waals surface area contributed by atoms with Crippen LogP contribution < -0.4 is 0 Å². The van der Waals surface area contributed by atoms with Gasteiger partial charge >= 0.3 is 0 Å². The van der Waals surface area contributed by atoms with Crippen LogP contribution in [0.15, 0.2) is 12.4 Å². The van der Waals surface area contributed by atoms with E-state index < -0.39 is 0 Å². The molecule has 1 rings (SSSR count). The lowest BCUT2D eigenvalue weighted by Gasteiger charge is -2.13. The third-order valence-corrected chi connectivity index (χ3v) is 2.39. The fraction of sp³-hybridized carbons (Fsp3) is 0.700. The Kier molecular flexibility index (Phi) is 3.79. The fourth-order valence-corrected chi connectivity index (χ4v) is 1.88. The molecule has 0 saturated heterocycles. The zero-order valence-electron chi connectivity index (χ0n) is 8.50. The second-order valence-electron chi connectivity index (χ2n) is 3.49. The summed E-state index contributed by atoms with van der Waals surface area (Å²) in [6.45, 7) is 7.31. The molecule has 0 aliphatic rings. The van der Waals surface area contributed by atoms with Gasteiger partial charge in [0.25, 0.3) is 0 Å². The highest BCUT2D eigenvalue weighted by molar-refractivity contribution is 6.20. The Balaban J connectivity index is 2.69. The van der Waals surface area contributed by atoms with Gasteiger partial charge in [-0.15, -0.1) is 11.6 Å². The Hall–Kier alpha value is -0.500. The van der Waals surface area contributed by atoms with Gasteiger partial charge in [0.2, 0.25) is 0 Å². The Labute approximate surface area is 84.9 Å². The number of hydrogen-bond donors (Lipinski definition) is 0. The van der Waals surface area contributed by atoms with Crippen molar-refractivity contribution in [2.75, 3.05) is 0 Å². The first kappa shape index (κ1) is 10.6. The summed E-state index contributed by atoms with van der Waals surface area (Å²) in [7, 11) is 0. The van der Waals surface area contributed by atoms with Gasteiger partial charge in [-0.25, -0.2) is 4.98 Å². The van der Waals surface area contributed by atoms with E-state index in [0.717, 1.165) is 18.8 Å². The van der Waals surface area contributed by atoms with Gasteiger partial charge < -0.3 is 4.57 Å². The monoisotopic (exact) mass is 200 g/mol. The van der Waals surface area contributed by atoms with Crippen LogP contribution in [0.1, 0.15) is 38.9 Å². The average molecular weight is 201 g/mol. The maximum absolute atomic E-state index is 5.95. The second kappa shape index (κ2) is 4.66. The Morgan fingerprint density at radius 2 is 2.23 bits per heavy atom. The number of aryl methyl sites for hydroxylation is 1. The zero-order valence-corrected chi connectivity index (χ0v) is 9.25. The summed E-state index contributed by atoms with van der Waals surface area (Å²) in [6, 6.07) is 0. The molecule has 3 heteroatoms. The molecule has 0 amide bonds. The number of alkyl halides is 1. The van der Waals surface area contributed by atoms with Gasteiger partial charge in [-0.1, -0.05) is 6.92 Å². The van der Waals surface area contributed by atoms with Crippen molar-refractivity contribution in [3.63, 3.8) is 0 Å². The standard InChI is InChI=1S/C10H17ClN2/c1-4-13-6-5-12-10(13)8(2)7-9(3)11/h5-6,8-9H,4,7H2,1-3H3. The summed E-state index contributed by atoms with van der Waals surface area (Å²) >= 11 is 5.95. The quantitative estimate of drug-likeness (QED) is 0.684. The van der Waals surface area contributed by atoms with Crippen molar-refractivity contribution >= 4 is 11.6 Å². The van der Waals surface area contributed by atoms with Crippen LogP contribution in [0.5, 0.6) is 0 Å². The lowest BCUT2D eigenvalue weighted by molar-refractivity contribution is 0.582. The Morgan fingerprint density at radius 1 is 1.54 bits per heavy atom. The lowest BCUT2D eigenvalue weighted by Crippen LogP contribution is -2.08. The van der Waals surface area contributed by atoms with E-state index in [4.69, 9.17) is 11.6 Å². The topological polar surface area (TPSA) is 17.8 Å². The SMILES string of the molecule is CCn1ccnc1C(C)CC(C)Cl. The summed E-state index contributed by atoms with van der Waals surface area (Å²) in [6.07, 6.45) is 4.86. The number of halogens is 1. The fourth-order valence-electron chi connectivity index (χ4n) is 1.61. The molecule has 0 saturated carbocycles. The van der Waals surface area contributed by atoms with Crippen molar-refractivity contribution in [2.24, 2.45) is 0 Å². The molecule has 0 bridgehead atoms. The third-order valence-electron chi connectivity index (χ3n) is 2.21. The van der Waals surface area contributed by atoms with E-state index >= 15 is 0 Å². The zero-order chi connectivity index (χ0) is 9.84. The van der Waals surface area contributed by atoms with E-state index in [9.17, 15) is 0 Å². The predicted octanol–water partition coefficient (Wildman–Crippen LogP) is 3.02. The molecule has 0 radical (unpaired) electrons. The predicted molar refractivity (Wildman–Crippen MR) is 56.2 cm³/mol. The largest absolute Gasteiger partial charge is 0.335 e. The first-order valence-corrected chi connectivity index (χ1v) is 5.23. The van der Waals surface area contributed by atoms with Crippen molar-refractivity contribution in [3.8, 4) is 0 Å². The maximum atomic E-state index is 5.95. The number of rotatable bonds is 4. The van der Waals surface area contributed by atoms with Crippen molar-refractivity contribution in [3.05, 3.63) is 18.2 Å². The number of nitrogens with zero attached hydrogens (tertiary/aromatic N) is 2. The van der Waals surface area contributed by atoms with Crippen LogP contribution >= 0.6 is 11.6 Å². The van der Waals surface area contributed by atoms with Crippen LogP contribution in [0.3, 0.4) is 0 Å². The van der Waals surface area contributed by atoms with Gasteiger partial charge in [-0.2, -0.15) is 0 Å². The maximum Gasteiger partial charge on any atom is 0.111 e. The highest BCUT2D eigenvalue weighted by Crippen LogP contribution is 2.21. The summed E-state index contributed by atoms with van der Waals surface area (Å²) in [5.74, 6) is 1.59. The Morgan fingerprint density at radius 3 is 2.77 bits per heavy atom. The summed E-state index contributed by atoms with van der Waals surface area (Å²) in [5.41, 5.74) is 0. The second-order valence-corrected chi connectivity index (χ2v) is 4.23. The van der Waals surface area contributed by atoms with E-state index in [2.05, 4.69) is 23.4 Å². The molecular weight excluding hydrogens is 184 g/mol. The van der Waals surface area contributed by atoms with E-state index in [-0.39, 0.29) is 5.38 Å². The molecule has 0 N–H and O–H groups in total. The third kappa shape index (κ3) is 2.73. The van der Waals surface area contributed by atoms with Crippen LogP contribution in [0.25, 0.3) is 0 Å². The molecule has 2 unspecified atom stereocenters. The molecule has 0 aliphatic heterocycles. The molecule has 74 valence electrons. The molecule has 1 heterocycles. The highest BCUT2D eigenvalue weighted by atomic mass is 35.5. The van der Waals surface area contributed by atoms with Crippen LogP contribution in [-0.2, 0) is 6.54 Å². The van der Waals surface area contributed by atoms with Crippen molar-refractivity contribution < 1.29 is 0 Å². The van der Waals surface area contributed by atoms with Gasteiger partial charge in [-0.05, 0) is 20.3 Å². The summed E-state index contributed by atoms with van der Waals surface area (Å²) in [5, 5.41) is 0.219. The normalized spacial score (nSPS) is 15.7. The summed E-state index contributed by atoms with van der Waals surface area (Å²) in [4.78, 5) is 4.34. The van der Waals surface area contributed by atoms with Crippen molar-refractivity contribution in [1.29, 1.82) is 0 Å². The first-order valence-electron chi connectivity index (χ1n) is 4.80. The molecule has 1 aromatic heterocycles. The van der Waals surface area contributed by atoms with Gasteiger partial charge in [0.05, 0.1) is 0 Å². The molecule has 1 aromatic rings. The number of hydrogen-bond acceptors (Lipinski definition) is 1. The molecule has 0 spiro atoms. The van der Waals surface area contributed by atoms with Crippen molar-refractivity contribution in [1.82, 2.24) is 9.55 Å². The van der Waals surface area contributed by atoms with E-state index in [1.165, 1.54) is 0 Å². The molecule has 0 aliphatic carbocycles. The summed E-state index contributed by atoms with van der Waals surface area (Å²) < 4.78 is 2.17. The molecule has 2 nitrogen and oxygen atoms in total. The van der Waals surface area contributed by atoms with Crippen LogP contribution in [0, 0.1) is 0 Å². The van der Waals surface area contributed by atoms with Gasteiger partial charge in [0, 0.05) is 30.2 Å². The minimum absolute atomic E-state index is 0.219. The van der Waals surface area contributed by atoms with E-state index in [0.29, 0.717) is 5.92 Å². The van der Waals surface area contributed by atoms with E-state index in [1.54, 1.807) is 0 Å². The Bertz CT molecular complexity index is 255. The lowest BCUT2D eigenvalue weighted by atomic mass is 10.1. The average Bonchev–Trinajstić information content (AvgIpc) is 2.49. The highest BCUT2D eigenvalue weighted by Gasteiger charge is 2.13. The number of imidazole rings is 1. The molecular formula is C10H17ClN2. The van der Waals surface area contributed by atoms with Crippen LogP contribution in [0.2, 0.25) is 0 Å². The van der Waals surface area contributed by atoms with Gasteiger partial charge in [0.15, 0.2) is 0 Å². The smallest absolute Gasteiger partial charge is 0.111 e.